The van der Waals surface area contributed by atoms with E-state index < -0.39 is 7.42 Å². The summed E-state index contributed by atoms with van der Waals surface area (Å²) < 4.78 is 0. The highest BCUT2D eigenvalue weighted by Crippen LogP contribution is 2.27. The predicted molar refractivity (Wildman–Crippen MR) is 72.3 cm³/mol. The molecule has 0 bridgehead atoms. The van der Waals surface area contributed by atoms with Crippen LogP contribution in [-0.4, -0.2) is 7.42 Å². The third kappa shape index (κ3) is 5.05. The zero-order valence-electron chi connectivity index (χ0n) is 9.13. The van der Waals surface area contributed by atoms with Crippen LogP contribution in [0.1, 0.15) is 31.7 Å². The lowest BCUT2D eigenvalue weighted by Crippen LogP contribution is -2.10. The van der Waals surface area contributed by atoms with Crippen LogP contribution < -0.4 is 0 Å². The number of hydrogen-bond donors (Lipinski definition) is 0. The molecule has 1 unspecified atom stereocenters. The van der Waals surface area contributed by atoms with E-state index in [2.05, 4.69) is 31.2 Å². The van der Waals surface area contributed by atoms with Crippen LogP contribution in [0.3, 0.4) is 0 Å². The van der Waals surface area contributed by atoms with Gasteiger partial charge in [0.25, 0.3) is 0 Å². The maximum Gasteiger partial charge on any atom is 0.240 e. The van der Waals surface area contributed by atoms with Gasteiger partial charge in [-0.25, -0.2) is 0 Å². The molecule has 84 valence electrons. The predicted octanol–water partition coefficient (Wildman–Crippen LogP) is 4.49. The monoisotopic (exact) mass is 260 g/mol. The molecule has 0 saturated heterocycles. The highest BCUT2D eigenvalue weighted by molar-refractivity contribution is 7.34. The Kier molecular flexibility index (Phi) is 6.38. The summed E-state index contributed by atoms with van der Waals surface area (Å²) in [7, 11) is -1.54. The minimum atomic E-state index is -1.54. The fourth-order valence-electron chi connectivity index (χ4n) is 1.70. The summed E-state index contributed by atoms with van der Waals surface area (Å²) in [4.78, 5) is 0. The van der Waals surface area contributed by atoms with Crippen molar-refractivity contribution in [3.05, 3.63) is 35.9 Å². The summed E-state index contributed by atoms with van der Waals surface area (Å²) >= 11 is 12.3. The molecule has 0 aromatic heterocycles. The normalized spacial score (nSPS) is 13.1. The molecule has 0 aliphatic carbocycles. The Bertz CT molecular complexity index is 262. The molecule has 0 saturated carbocycles. The molecule has 0 N–H and O–H groups in total. The second-order valence-corrected chi connectivity index (χ2v) is 9.03. The molecule has 1 rings (SSSR count). The molecule has 0 radical (unpaired) electrons. The van der Waals surface area contributed by atoms with E-state index in [4.69, 9.17) is 22.2 Å². The van der Waals surface area contributed by atoms with Gasteiger partial charge in [-0.2, -0.15) is 22.2 Å². The smallest absolute Gasteiger partial charge is 0.150 e. The first-order valence-corrected chi connectivity index (χ1v) is 9.72. The van der Waals surface area contributed by atoms with Crippen LogP contribution in [-0.2, 0) is 6.42 Å². The van der Waals surface area contributed by atoms with Gasteiger partial charge in [0.15, 0.2) is 0 Å². The SMILES string of the molecule is CCCCC(Cc1ccccc1)[SiH](Cl)Cl. The third-order valence-corrected chi connectivity index (χ3v) is 6.05. The Hall–Kier alpha value is 0.0169. The van der Waals surface area contributed by atoms with Crippen molar-refractivity contribution < 1.29 is 0 Å². The van der Waals surface area contributed by atoms with E-state index >= 15 is 0 Å². The van der Waals surface area contributed by atoms with Gasteiger partial charge >= 0.3 is 0 Å². The molecule has 0 fully saturated rings. The van der Waals surface area contributed by atoms with Crippen molar-refractivity contribution in [2.24, 2.45) is 0 Å². The number of unbranched alkanes of at least 4 members (excludes halogenated alkanes) is 1. The molecule has 0 heterocycles. The first kappa shape index (κ1) is 13.1. The van der Waals surface area contributed by atoms with E-state index in [1.165, 1.54) is 24.8 Å². The first-order valence-electron chi connectivity index (χ1n) is 5.56. The number of hydrogen-bond acceptors (Lipinski definition) is 0. The van der Waals surface area contributed by atoms with Crippen LogP contribution in [0.15, 0.2) is 30.3 Å². The second kappa shape index (κ2) is 7.32. The number of rotatable bonds is 6. The highest BCUT2D eigenvalue weighted by atomic mass is 35.7. The minimum Gasteiger partial charge on any atom is -0.150 e. The van der Waals surface area contributed by atoms with Crippen molar-refractivity contribution in [2.75, 3.05) is 0 Å². The van der Waals surface area contributed by atoms with Gasteiger partial charge in [0.2, 0.25) is 7.42 Å². The molecule has 1 aromatic carbocycles. The zero-order chi connectivity index (χ0) is 11.1. The van der Waals surface area contributed by atoms with Crippen LogP contribution in [0.5, 0.6) is 0 Å². The van der Waals surface area contributed by atoms with Gasteiger partial charge < -0.3 is 0 Å². The van der Waals surface area contributed by atoms with Gasteiger partial charge in [0.05, 0.1) is 0 Å². The van der Waals surface area contributed by atoms with Crippen LogP contribution >= 0.6 is 22.2 Å². The lowest BCUT2D eigenvalue weighted by atomic mass is 10.1. The fourth-order valence-corrected chi connectivity index (χ4v) is 3.93. The molecule has 1 aromatic rings. The van der Waals surface area contributed by atoms with Crippen molar-refractivity contribution in [1.29, 1.82) is 0 Å². The Morgan fingerprint density at radius 1 is 1.20 bits per heavy atom. The highest BCUT2D eigenvalue weighted by Gasteiger charge is 2.18. The van der Waals surface area contributed by atoms with Gasteiger partial charge in [0.1, 0.15) is 0 Å². The lowest BCUT2D eigenvalue weighted by molar-refractivity contribution is 0.662. The Morgan fingerprint density at radius 2 is 1.87 bits per heavy atom. The Morgan fingerprint density at radius 3 is 2.40 bits per heavy atom. The van der Waals surface area contributed by atoms with Crippen molar-refractivity contribution in [3.8, 4) is 0 Å². The number of halogens is 2. The van der Waals surface area contributed by atoms with Crippen LogP contribution in [0.2, 0.25) is 5.54 Å². The molecule has 0 amide bonds. The topological polar surface area (TPSA) is 0 Å². The van der Waals surface area contributed by atoms with E-state index in [0.717, 1.165) is 6.42 Å². The van der Waals surface area contributed by atoms with Crippen molar-refractivity contribution >= 4 is 29.6 Å². The molecular formula is C12H18Cl2Si. The van der Waals surface area contributed by atoms with Crippen LogP contribution in [0, 0.1) is 0 Å². The first-order chi connectivity index (χ1) is 7.24. The summed E-state index contributed by atoms with van der Waals surface area (Å²) in [5.41, 5.74) is 1.88. The van der Waals surface area contributed by atoms with E-state index in [1.54, 1.807) is 0 Å². The molecular weight excluding hydrogens is 243 g/mol. The van der Waals surface area contributed by atoms with Gasteiger partial charge in [-0.1, -0.05) is 56.5 Å². The molecule has 0 nitrogen and oxygen atoms in total. The van der Waals surface area contributed by atoms with Crippen molar-refractivity contribution in [2.45, 2.75) is 38.1 Å². The number of benzene rings is 1. The lowest BCUT2D eigenvalue weighted by Gasteiger charge is -2.16. The second-order valence-electron chi connectivity index (χ2n) is 3.93. The Labute approximate surface area is 104 Å². The molecule has 0 aliphatic rings. The van der Waals surface area contributed by atoms with Gasteiger partial charge in [0, 0.05) is 0 Å². The molecule has 1 atom stereocenters. The average Bonchev–Trinajstić information content (AvgIpc) is 2.25. The van der Waals surface area contributed by atoms with Gasteiger partial charge in [-0.3, -0.25) is 0 Å². The van der Waals surface area contributed by atoms with Gasteiger partial charge in [-0.15, -0.1) is 0 Å². The summed E-state index contributed by atoms with van der Waals surface area (Å²) in [6.07, 6.45) is 4.68. The maximum absolute atomic E-state index is 6.13. The summed E-state index contributed by atoms with van der Waals surface area (Å²) in [6, 6.07) is 10.5. The summed E-state index contributed by atoms with van der Waals surface area (Å²) in [5.74, 6) is 0. The van der Waals surface area contributed by atoms with Gasteiger partial charge in [-0.05, 0) is 17.5 Å². The molecule has 3 heteroatoms. The van der Waals surface area contributed by atoms with Crippen molar-refractivity contribution in [3.63, 3.8) is 0 Å². The van der Waals surface area contributed by atoms with Crippen molar-refractivity contribution in [1.82, 2.24) is 0 Å². The molecule has 0 aliphatic heterocycles. The quantitative estimate of drug-likeness (QED) is 0.523. The molecule has 15 heavy (non-hydrogen) atoms. The van der Waals surface area contributed by atoms with Crippen LogP contribution in [0.25, 0.3) is 0 Å². The third-order valence-electron chi connectivity index (χ3n) is 2.63. The largest absolute Gasteiger partial charge is 0.240 e. The fraction of sp³-hybridized carbons (Fsp3) is 0.500. The molecule has 0 spiro atoms. The summed E-state index contributed by atoms with van der Waals surface area (Å²) in [6.45, 7) is 2.21. The zero-order valence-corrected chi connectivity index (χ0v) is 11.8. The summed E-state index contributed by atoms with van der Waals surface area (Å²) in [5, 5.41) is 0. The van der Waals surface area contributed by atoms with E-state index in [9.17, 15) is 0 Å². The minimum absolute atomic E-state index is 0.524. The average molecular weight is 261 g/mol. The van der Waals surface area contributed by atoms with Crippen LogP contribution in [0.4, 0.5) is 0 Å². The Balaban J connectivity index is 2.51. The maximum atomic E-state index is 6.13. The standard InChI is InChI=1S/C12H18Cl2Si/c1-2-3-9-12(15(13)14)10-11-7-5-4-6-8-11/h4-8,12,15H,2-3,9-10H2,1H3. The van der Waals surface area contributed by atoms with E-state index in [1.807, 2.05) is 6.07 Å². The van der Waals surface area contributed by atoms with E-state index in [0.29, 0.717) is 5.54 Å². The van der Waals surface area contributed by atoms with E-state index in [-0.39, 0.29) is 0 Å².